The van der Waals surface area contributed by atoms with Gasteiger partial charge in [-0.25, -0.2) is 0 Å². The third kappa shape index (κ3) is 3.82. The molecule has 1 N–H and O–H groups in total. The summed E-state index contributed by atoms with van der Waals surface area (Å²) in [7, 11) is 0. The number of carbonyl (C=O) groups excluding carboxylic acids is 1. The lowest BCUT2D eigenvalue weighted by Crippen LogP contribution is -2.35. The average Bonchev–Trinajstić information content (AvgIpc) is 3.45. The molecule has 5 rings (SSSR count). The second kappa shape index (κ2) is 8.43. The van der Waals surface area contributed by atoms with Gasteiger partial charge in [0.1, 0.15) is 12.4 Å². The van der Waals surface area contributed by atoms with Crippen molar-refractivity contribution in [2.45, 2.75) is 13.5 Å². The highest BCUT2D eigenvalue weighted by Crippen LogP contribution is 2.34. The molecule has 0 aromatic heterocycles. The average molecular weight is 449 g/mol. The van der Waals surface area contributed by atoms with E-state index in [0.29, 0.717) is 41.2 Å². The maximum atomic E-state index is 12.4. The number of fused-ring (bicyclic) bond motifs is 2. The second-order valence-electron chi connectivity index (χ2n) is 6.99. The molecule has 3 heterocycles. The topological polar surface area (TPSA) is 93.4 Å². The summed E-state index contributed by atoms with van der Waals surface area (Å²) in [6.07, 6.45) is 3.37. The zero-order valence-corrected chi connectivity index (χ0v) is 18.0. The minimum atomic E-state index is -0.432. The maximum absolute atomic E-state index is 12.4. The first-order valence-corrected chi connectivity index (χ1v) is 10.8. The van der Waals surface area contributed by atoms with E-state index in [1.54, 1.807) is 34.7 Å². The molecular weight excluding hydrogens is 430 g/mol. The summed E-state index contributed by atoms with van der Waals surface area (Å²) in [6.45, 7) is 2.90. The predicted octanol–water partition coefficient (Wildman–Crippen LogP) is 4.17. The first kappa shape index (κ1) is 20.2. The lowest BCUT2D eigenvalue weighted by atomic mass is 10.1. The van der Waals surface area contributed by atoms with Crippen LogP contribution < -0.4 is 18.9 Å². The van der Waals surface area contributed by atoms with Crippen LogP contribution in [0.1, 0.15) is 18.1 Å². The Morgan fingerprint density at radius 2 is 2.03 bits per heavy atom. The lowest BCUT2D eigenvalue weighted by molar-refractivity contribution is -0.114. The van der Waals surface area contributed by atoms with Crippen LogP contribution in [0.4, 0.5) is 0 Å². The van der Waals surface area contributed by atoms with Crippen molar-refractivity contribution in [1.29, 1.82) is 5.41 Å². The number of nitrogens with one attached hydrogen (secondary N) is 1. The highest BCUT2D eigenvalue weighted by Gasteiger charge is 2.31. The fourth-order valence-corrected chi connectivity index (χ4v) is 4.10. The van der Waals surface area contributed by atoms with Gasteiger partial charge in [-0.2, -0.15) is 4.99 Å². The molecule has 3 aliphatic rings. The molecule has 162 valence electrons. The largest absolute Gasteiger partial charge is 0.490 e. The third-order valence-electron chi connectivity index (χ3n) is 4.92. The van der Waals surface area contributed by atoms with E-state index in [-0.39, 0.29) is 18.2 Å². The molecule has 9 heteroatoms. The molecule has 0 fully saturated rings. The zero-order chi connectivity index (χ0) is 22.1. The summed E-state index contributed by atoms with van der Waals surface area (Å²) in [6, 6.07) is 11.1. The molecule has 0 radical (unpaired) electrons. The van der Waals surface area contributed by atoms with Crippen LogP contribution in [0.15, 0.2) is 58.6 Å². The number of benzene rings is 2. The Kier molecular flexibility index (Phi) is 5.32. The van der Waals surface area contributed by atoms with E-state index < -0.39 is 5.91 Å². The van der Waals surface area contributed by atoms with Crippen LogP contribution in [-0.4, -0.2) is 35.2 Å². The van der Waals surface area contributed by atoms with Crippen LogP contribution in [-0.2, 0) is 11.4 Å². The molecule has 8 nitrogen and oxygen atoms in total. The van der Waals surface area contributed by atoms with Crippen molar-refractivity contribution in [2.75, 3.05) is 13.4 Å². The third-order valence-corrected chi connectivity index (χ3v) is 5.68. The van der Waals surface area contributed by atoms with Gasteiger partial charge in [0.15, 0.2) is 28.2 Å². The number of amidine groups is 2. The van der Waals surface area contributed by atoms with Gasteiger partial charge in [0, 0.05) is 6.20 Å². The number of amides is 1. The molecule has 0 bridgehead atoms. The quantitative estimate of drug-likeness (QED) is 0.662. The molecule has 0 saturated carbocycles. The van der Waals surface area contributed by atoms with Crippen molar-refractivity contribution < 1.29 is 23.7 Å². The molecule has 32 heavy (non-hydrogen) atoms. The second-order valence-corrected chi connectivity index (χ2v) is 7.87. The SMILES string of the molecule is CCOc1cc(/C=C2/C(=N)N3C=CSC3=NC2=O)ccc1OCc1ccc2c(c1)OCO2. The summed E-state index contributed by atoms with van der Waals surface area (Å²) in [4.78, 5) is 18.1. The Labute approximate surface area is 188 Å². The Balaban J connectivity index is 1.37. The van der Waals surface area contributed by atoms with Gasteiger partial charge in [0.05, 0.1) is 12.2 Å². The van der Waals surface area contributed by atoms with Crippen molar-refractivity contribution in [1.82, 2.24) is 4.90 Å². The smallest absolute Gasteiger partial charge is 0.283 e. The first-order chi connectivity index (χ1) is 15.6. The standard InChI is InChI=1S/C23H19N3O5S/c1-2-28-19-10-14(9-16-21(24)26-7-8-32-23(26)25-22(16)27)3-5-17(19)29-12-15-4-6-18-20(11-15)31-13-30-18/h3-11,24H,2,12-13H2,1H3/b16-9-,24-21?. The molecule has 2 aromatic rings. The van der Waals surface area contributed by atoms with Gasteiger partial charge in [-0.3, -0.25) is 15.1 Å². The van der Waals surface area contributed by atoms with Crippen molar-refractivity contribution in [2.24, 2.45) is 4.99 Å². The van der Waals surface area contributed by atoms with Crippen LogP contribution in [0.5, 0.6) is 23.0 Å². The molecule has 3 aliphatic heterocycles. The van der Waals surface area contributed by atoms with Gasteiger partial charge in [-0.15, -0.1) is 0 Å². The summed E-state index contributed by atoms with van der Waals surface area (Å²) >= 11 is 1.32. The fourth-order valence-electron chi connectivity index (χ4n) is 3.39. The van der Waals surface area contributed by atoms with Gasteiger partial charge < -0.3 is 18.9 Å². The molecule has 0 atom stereocenters. The van der Waals surface area contributed by atoms with E-state index >= 15 is 0 Å². The Bertz CT molecular complexity index is 1200. The predicted molar refractivity (Wildman–Crippen MR) is 121 cm³/mol. The van der Waals surface area contributed by atoms with Gasteiger partial charge in [0.2, 0.25) is 6.79 Å². The number of hydrogen-bond acceptors (Lipinski definition) is 7. The van der Waals surface area contributed by atoms with E-state index in [1.165, 1.54) is 11.8 Å². The van der Waals surface area contributed by atoms with Gasteiger partial charge in [-0.1, -0.05) is 23.9 Å². The monoisotopic (exact) mass is 449 g/mol. The Hall–Kier alpha value is -3.72. The van der Waals surface area contributed by atoms with Crippen molar-refractivity contribution in [3.05, 3.63) is 64.7 Å². The number of thioether (sulfide) groups is 1. The van der Waals surface area contributed by atoms with Crippen LogP contribution >= 0.6 is 11.8 Å². The molecule has 0 saturated heterocycles. The van der Waals surface area contributed by atoms with E-state index in [1.807, 2.05) is 31.2 Å². The number of nitrogens with zero attached hydrogens (tertiary/aromatic N) is 2. The summed E-state index contributed by atoms with van der Waals surface area (Å²) in [5.74, 6) is 2.23. The van der Waals surface area contributed by atoms with Crippen LogP contribution in [0, 0.1) is 5.41 Å². The van der Waals surface area contributed by atoms with E-state index in [9.17, 15) is 4.79 Å². The summed E-state index contributed by atoms with van der Waals surface area (Å²) in [5, 5.41) is 10.7. The van der Waals surface area contributed by atoms with E-state index in [4.69, 9.17) is 24.4 Å². The number of carbonyl (C=O) groups is 1. The summed E-state index contributed by atoms with van der Waals surface area (Å²) < 4.78 is 22.5. The Morgan fingerprint density at radius 1 is 1.16 bits per heavy atom. The highest BCUT2D eigenvalue weighted by molar-refractivity contribution is 8.16. The molecule has 0 unspecified atom stereocenters. The number of hydrogen-bond donors (Lipinski definition) is 1. The highest BCUT2D eigenvalue weighted by atomic mass is 32.2. The number of aliphatic imine (C=N–C) groups is 1. The number of ether oxygens (including phenoxy) is 4. The number of rotatable bonds is 6. The normalized spacial score (nSPS) is 17.6. The van der Waals surface area contributed by atoms with Gasteiger partial charge >= 0.3 is 0 Å². The van der Waals surface area contributed by atoms with Gasteiger partial charge in [-0.05, 0) is 53.8 Å². The molecule has 0 aliphatic carbocycles. The molecule has 0 spiro atoms. The first-order valence-electron chi connectivity index (χ1n) is 9.97. The minimum absolute atomic E-state index is 0.0994. The Morgan fingerprint density at radius 3 is 2.91 bits per heavy atom. The van der Waals surface area contributed by atoms with E-state index in [2.05, 4.69) is 4.99 Å². The minimum Gasteiger partial charge on any atom is -0.490 e. The van der Waals surface area contributed by atoms with Crippen LogP contribution in [0.3, 0.4) is 0 Å². The van der Waals surface area contributed by atoms with E-state index in [0.717, 1.165) is 11.3 Å². The lowest BCUT2D eigenvalue weighted by Gasteiger charge is -2.22. The molecule has 1 amide bonds. The summed E-state index contributed by atoms with van der Waals surface area (Å²) in [5.41, 5.74) is 1.87. The van der Waals surface area contributed by atoms with Crippen molar-refractivity contribution >= 4 is 34.7 Å². The van der Waals surface area contributed by atoms with Crippen molar-refractivity contribution in [3.63, 3.8) is 0 Å². The molecule has 2 aromatic carbocycles. The van der Waals surface area contributed by atoms with Crippen LogP contribution in [0.25, 0.3) is 6.08 Å². The van der Waals surface area contributed by atoms with Crippen LogP contribution in [0.2, 0.25) is 0 Å². The zero-order valence-electron chi connectivity index (χ0n) is 17.2. The van der Waals surface area contributed by atoms with Gasteiger partial charge in [0.25, 0.3) is 5.91 Å². The molecular formula is C23H19N3O5S. The maximum Gasteiger partial charge on any atom is 0.283 e. The fraction of sp³-hybridized carbons (Fsp3) is 0.174. The van der Waals surface area contributed by atoms with Crippen molar-refractivity contribution in [3.8, 4) is 23.0 Å².